The van der Waals surface area contributed by atoms with Gasteiger partial charge in [0.2, 0.25) is 11.8 Å². The lowest BCUT2D eigenvalue weighted by molar-refractivity contribution is -0.125. The van der Waals surface area contributed by atoms with Crippen molar-refractivity contribution >= 4 is 27.5 Å². The molecule has 0 bridgehead atoms. The van der Waals surface area contributed by atoms with Gasteiger partial charge in [0, 0.05) is 5.69 Å². The van der Waals surface area contributed by atoms with Crippen molar-refractivity contribution in [1.29, 1.82) is 0 Å². The first-order chi connectivity index (χ1) is 10.5. The minimum absolute atomic E-state index is 0.0354. The summed E-state index contributed by atoms with van der Waals surface area (Å²) in [7, 11) is -3.96. The van der Waals surface area contributed by atoms with Crippen LogP contribution in [0.2, 0.25) is 0 Å². The molecule has 0 saturated heterocycles. The summed E-state index contributed by atoms with van der Waals surface area (Å²) in [5.74, 6) is -1.48. The van der Waals surface area contributed by atoms with Crippen LogP contribution in [0.4, 0.5) is 5.69 Å². The van der Waals surface area contributed by atoms with Crippen molar-refractivity contribution < 1.29 is 18.0 Å². The molecule has 0 aromatic heterocycles. The number of para-hydroxylation sites is 1. The van der Waals surface area contributed by atoms with E-state index in [0.29, 0.717) is 5.69 Å². The van der Waals surface area contributed by atoms with E-state index in [9.17, 15) is 18.0 Å². The molecule has 0 fully saturated rings. The Kier molecular flexibility index (Phi) is 4.90. The molecule has 2 aromatic carbocycles. The van der Waals surface area contributed by atoms with Gasteiger partial charge in [-0.1, -0.05) is 36.4 Å². The zero-order chi connectivity index (χ0) is 16.0. The second-order valence-corrected chi connectivity index (χ2v) is 6.12. The van der Waals surface area contributed by atoms with Gasteiger partial charge in [0.25, 0.3) is 10.0 Å². The van der Waals surface area contributed by atoms with Gasteiger partial charge in [-0.05, 0) is 24.3 Å². The van der Waals surface area contributed by atoms with Crippen LogP contribution in [-0.2, 0) is 19.6 Å². The average Bonchev–Trinajstić information content (AvgIpc) is 2.48. The average molecular weight is 318 g/mol. The Morgan fingerprint density at radius 1 is 0.818 bits per heavy atom. The topological polar surface area (TPSA) is 92.3 Å². The van der Waals surface area contributed by atoms with E-state index in [1.807, 2.05) is 4.72 Å². The summed E-state index contributed by atoms with van der Waals surface area (Å²) in [5, 5.41) is 2.50. The molecule has 6 nitrogen and oxygen atoms in total. The zero-order valence-corrected chi connectivity index (χ0v) is 12.3. The molecule has 0 aliphatic carbocycles. The van der Waals surface area contributed by atoms with Crippen molar-refractivity contribution in [3.63, 3.8) is 0 Å². The highest BCUT2D eigenvalue weighted by atomic mass is 32.2. The SMILES string of the molecule is O=C(CC(=O)NS(=O)(=O)c1ccccc1)Nc1ccccc1. The minimum atomic E-state index is -3.96. The third kappa shape index (κ3) is 4.42. The van der Waals surface area contributed by atoms with Gasteiger partial charge < -0.3 is 5.32 Å². The van der Waals surface area contributed by atoms with Crippen molar-refractivity contribution in [2.75, 3.05) is 5.32 Å². The summed E-state index contributed by atoms with van der Waals surface area (Å²) in [4.78, 5) is 23.3. The summed E-state index contributed by atoms with van der Waals surface area (Å²) < 4.78 is 25.7. The molecule has 0 aliphatic rings. The Morgan fingerprint density at radius 2 is 1.36 bits per heavy atom. The van der Waals surface area contributed by atoms with E-state index in [4.69, 9.17) is 0 Å². The Bertz CT molecular complexity index is 759. The van der Waals surface area contributed by atoms with Crippen molar-refractivity contribution in [2.24, 2.45) is 0 Å². The van der Waals surface area contributed by atoms with E-state index >= 15 is 0 Å². The van der Waals surface area contributed by atoms with Gasteiger partial charge in [-0.2, -0.15) is 0 Å². The fraction of sp³-hybridized carbons (Fsp3) is 0.0667. The van der Waals surface area contributed by atoms with Crippen LogP contribution < -0.4 is 10.0 Å². The van der Waals surface area contributed by atoms with Crippen LogP contribution in [0.5, 0.6) is 0 Å². The van der Waals surface area contributed by atoms with Crippen LogP contribution in [0.25, 0.3) is 0 Å². The Balaban J connectivity index is 1.94. The predicted molar refractivity (Wildman–Crippen MR) is 81.5 cm³/mol. The molecule has 2 N–H and O–H groups in total. The summed E-state index contributed by atoms with van der Waals surface area (Å²) in [5.41, 5.74) is 0.534. The molecule has 2 aromatic rings. The van der Waals surface area contributed by atoms with Crippen LogP contribution in [0.1, 0.15) is 6.42 Å². The van der Waals surface area contributed by atoms with Gasteiger partial charge in [-0.15, -0.1) is 0 Å². The first-order valence-corrected chi connectivity index (χ1v) is 7.91. The van der Waals surface area contributed by atoms with Crippen molar-refractivity contribution in [1.82, 2.24) is 4.72 Å². The fourth-order valence-corrected chi connectivity index (χ4v) is 2.72. The lowest BCUT2D eigenvalue weighted by Gasteiger charge is -2.07. The number of sulfonamides is 1. The minimum Gasteiger partial charge on any atom is -0.326 e. The number of hydrogen-bond donors (Lipinski definition) is 2. The van der Waals surface area contributed by atoms with Crippen LogP contribution in [0.3, 0.4) is 0 Å². The second kappa shape index (κ2) is 6.86. The number of anilines is 1. The van der Waals surface area contributed by atoms with Crippen LogP contribution >= 0.6 is 0 Å². The predicted octanol–water partition coefficient (Wildman–Crippen LogP) is 1.52. The van der Waals surface area contributed by atoms with E-state index in [2.05, 4.69) is 5.32 Å². The van der Waals surface area contributed by atoms with Crippen molar-refractivity contribution in [3.05, 3.63) is 60.7 Å². The quantitative estimate of drug-likeness (QED) is 0.818. The maximum absolute atomic E-state index is 11.9. The number of hydrogen-bond acceptors (Lipinski definition) is 4. The van der Waals surface area contributed by atoms with Gasteiger partial charge in [0.05, 0.1) is 4.90 Å². The van der Waals surface area contributed by atoms with Gasteiger partial charge in [0.1, 0.15) is 6.42 Å². The highest BCUT2D eigenvalue weighted by molar-refractivity contribution is 7.90. The summed E-state index contributed by atoms with van der Waals surface area (Å²) in [6.45, 7) is 0. The molecule has 0 atom stereocenters. The lowest BCUT2D eigenvalue weighted by Crippen LogP contribution is -2.33. The Morgan fingerprint density at radius 3 is 1.95 bits per heavy atom. The highest BCUT2D eigenvalue weighted by Crippen LogP contribution is 2.08. The first kappa shape index (κ1) is 15.7. The van der Waals surface area contributed by atoms with Crippen LogP contribution in [0, 0.1) is 0 Å². The Hall–Kier alpha value is -2.67. The maximum atomic E-state index is 11.9. The first-order valence-electron chi connectivity index (χ1n) is 6.43. The van der Waals surface area contributed by atoms with E-state index in [0.717, 1.165) is 0 Å². The summed E-state index contributed by atoms with van der Waals surface area (Å²) in [6, 6.07) is 16.0. The molecule has 0 saturated carbocycles. The van der Waals surface area contributed by atoms with E-state index in [-0.39, 0.29) is 4.90 Å². The second-order valence-electron chi connectivity index (χ2n) is 4.43. The van der Waals surface area contributed by atoms with Crippen molar-refractivity contribution in [2.45, 2.75) is 11.3 Å². The zero-order valence-electron chi connectivity index (χ0n) is 11.5. The molecule has 0 heterocycles. The van der Waals surface area contributed by atoms with Gasteiger partial charge >= 0.3 is 0 Å². The van der Waals surface area contributed by atoms with E-state index in [1.54, 1.807) is 48.5 Å². The molecule has 0 unspecified atom stereocenters. The largest absolute Gasteiger partial charge is 0.326 e. The fourth-order valence-electron chi connectivity index (χ4n) is 1.72. The number of rotatable bonds is 5. The Labute approximate surface area is 128 Å². The van der Waals surface area contributed by atoms with E-state index in [1.165, 1.54) is 12.1 Å². The number of benzene rings is 2. The van der Waals surface area contributed by atoms with E-state index < -0.39 is 28.3 Å². The van der Waals surface area contributed by atoms with Gasteiger partial charge in [-0.3, -0.25) is 9.59 Å². The standard InChI is InChI=1S/C15H14N2O4S/c18-14(16-12-7-3-1-4-8-12)11-15(19)17-22(20,21)13-9-5-2-6-10-13/h1-10H,11H2,(H,16,18)(H,17,19). The molecular formula is C15H14N2O4S. The molecule has 2 amide bonds. The molecule has 7 heteroatoms. The summed E-state index contributed by atoms with van der Waals surface area (Å²) in [6.07, 6.45) is -0.582. The maximum Gasteiger partial charge on any atom is 0.264 e. The van der Waals surface area contributed by atoms with Gasteiger partial charge in [0.15, 0.2) is 0 Å². The molecule has 114 valence electrons. The molecule has 0 aliphatic heterocycles. The molecule has 2 rings (SSSR count). The van der Waals surface area contributed by atoms with Crippen LogP contribution in [0.15, 0.2) is 65.6 Å². The smallest absolute Gasteiger partial charge is 0.264 e. The molecule has 22 heavy (non-hydrogen) atoms. The number of nitrogens with one attached hydrogen (secondary N) is 2. The number of carbonyl (C=O) groups excluding carboxylic acids is 2. The highest BCUT2D eigenvalue weighted by Gasteiger charge is 2.19. The molecule has 0 radical (unpaired) electrons. The number of amides is 2. The normalized spacial score (nSPS) is 10.7. The third-order valence-corrected chi connectivity index (χ3v) is 4.07. The summed E-state index contributed by atoms with van der Waals surface area (Å²) >= 11 is 0. The molecular weight excluding hydrogens is 304 g/mol. The molecule has 0 spiro atoms. The monoisotopic (exact) mass is 318 g/mol. The third-order valence-electron chi connectivity index (χ3n) is 2.68. The van der Waals surface area contributed by atoms with Crippen LogP contribution in [-0.4, -0.2) is 20.2 Å². The van der Waals surface area contributed by atoms with Gasteiger partial charge in [-0.25, -0.2) is 13.1 Å². The van der Waals surface area contributed by atoms with Crippen molar-refractivity contribution in [3.8, 4) is 0 Å². The lowest BCUT2D eigenvalue weighted by atomic mass is 10.3. The number of carbonyl (C=O) groups is 2.